The van der Waals surface area contributed by atoms with Crippen molar-refractivity contribution in [3.63, 3.8) is 0 Å². The van der Waals surface area contributed by atoms with Gasteiger partial charge in [0.05, 0.1) is 5.69 Å². The first-order valence-corrected chi connectivity index (χ1v) is 11.0. The van der Waals surface area contributed by atoms with Crippen LogP contribution in [0.5, 0.6) is 0 Å². The largest absolute Gasteiger partial charge is 0.360 e. The van der Waals surface area contributed by atoms with E-state index >= 15 is 0 Å². The Morgan fingerprint density at radius 1 is 1.16 bits per heavy atom. The van der Waals surface area contributed by atoms with Gasteiger partial charge in [0.25, 0.3) is 11.8 Å². The molecule has 1 fully saturated rings. The molecule has 2 N–H and O–H groups in total. The van der Waals surface area contributed by atoms with Crippen LogP contribution in [0.3, 0.4) is 0 Å². The maximum absolute atomic E-state index is 13.8. The van der Waals surface area contributed by atoms with Gasteiger partial charge in [0.15, 0.2) is 11.4 Å². The van der Waals surface area contributed by atoms with Gasteiger partial charge in [-0.15, -0.1) is 0 Å². The highest BCUT2D eigenvalue weighted by Crippen LogP contribution is 2.30. The molecule has 8 nitrogen and oxygen atoms in total. The number of aromatic nitrogens is 3. The van der Waals surface area contributed by atoms with Gasteiger partial charge < -0.3 is 14.7 Å². The van der Waals surface area contributed by atoms with Crippen LogP contribution in [0.25, 0.3) is 0 Å². The quantitative estimate of drug-likeness (QED) is 0.648. The van der Waals surface area contributed by atoms with Crippen LogP contribution in [0, 0.1) is 5.82 Å². The van der Waals surface area contributed by atoms with Gasteiger partial charge >= 0.3 is 0 Å². The molecule has 0 radical (unpaired) electrons. The zero-order valence-corrected chi connectivity index (χ0v) is 17.6. The number of rotatable bonds is 4. The molecule has 5 rings (SSSR count). The monoisotopic (exact) mass is 437 g/mol. The number of hydrogen-bond donors (Lipinski definition) is 2. The van der Waals surface area contributed by atoms with Crippen LogP contribution in [-0.4, -0.2) is 45.2 Å². The lowest BCUT2D eigenvalue weighted by molar-refractivity contribution is 0.0700. The average Bonchev–Trinajstić information content (AvgIpc) is 3.48. The SMILES string of the molecule is O=C(Nc1ccccc1F)c1cc(C2CCN(C(=O)c3noc4c3CCCC4)CC2)[nH]n1. The number of nitrogens with one attached hydrogen (secondary N) is 2. The number of para-hydroxylation sites is 1. The molecular weight excluding hydrogens is 413 g/mol. The summed E-state index contributed by atoms with van der Waals surface area (Å²) in [5.41, 5.74) is 2.60. The van der Waals surface area contributed by atoms with Crippen LogP contribution in [0.2, 0.25) is 0 Å². The molecule has 166 valence electrons. The smallest absolute Gasteiger partial charge is 0.276 e. The van der Waals surface area contributed by atoms with Gasteiger partial charge in [-0.2, -0.15) is 5.10 Å². The number of hydrogen-bond acceptors (Lipinski definition) is 5. The molecule has 0 unspecified atom stereocenters. The minimum Gasteiger partial charge on any atom is -0.360 e. The summed E-state index contributed by atoms with van der Waals surface area (Å²) in [5, 5.41) is 13.6. The molecule has 0 bridgehead atoms. The first-order valence-electron chi connectivity index (χ1n) is 11.0. The summed E-state index contributed by atoms with van der Waals surface area (Å²) in [4.78, 5) is 27.2. The van der Waals surface area contributed by atoms with E-state index in [0.29, 0.717) is 18.8 Å². The highest BCUT2D eigenvalue weighted by Gasteiger charge is 2.31. The minimum atomic E-state index is -0.498. The number of aromatic amines is 1. The number of nitrogens with zero attached hydrogens (tertiary/aromatic N) is 3. The summed E-state index contributed by atoms with van der Waals surface area (Å²) in [7, 11) is 0. The Bertz CT molecular complexity index is 1150. The molecule has 32 heavy (non-hydrogen) atoms. The number of carbonyl (C=O) groups is 2. The summed E-state index contributed by atoms with van der Waals surface area (Å²) < 4.78 is 19.2. The predicted octanol–water partition coefficient (Wildman–Crippen LogP) is 3.69. The average molecular weight is 437 g/mol. The molecule has 2 aliphatic rings. The van der Waals surface area contributed by atoms with Crippen LogP contribution in [0.1, 0.15) is 69.6 Å². The van der Waals surface area contributed by atoms with Crippen molar-refractivity contribution in [2.24, 2.45) is 0 Å². The molecule has 1 aliphatic carbocycles. The van der Waals surface area contributed by atoms with Gasteiger partial charge in [-0.1, -0.05) is 17.3 Å². The number of aryl methyl sites for hydroxylation is 1. The number of anilines is 1. The molecule has 1 aliphatic heterocycles. The fourth-order valence-electron chi connectivity index (χ4n) is 4.51. The Labute approximate surface area is 184 Å². The summed E-state index contributed by atoms with van der Waals surface area (Å²) in [5.74, 6) is -0.0196. The molecule has 2 amide bonds. The van der Waals surface area contributed by atoms with Gasteiger partial charge in [-0.25, -0.2) is 4.39 Å². The van der Waals surface area contributed by atoms with Crippen molar-refractivity contribution in [1.82, 2.24) is 20.3 Å². The number of likely N-dealkylation sites (tertiary alicyclic amines) is 1. The van der Waals surface area contributed by atoms with Crippen molar-refractivity contribution < 1.29 is 18.5 Å². The fourth-order valence-corrected chi connectivity index (χ4v) is 4.51. The van der Waals surface area contributed by atoms with Crippen molar-refractivity contribution in [1.29, 1.82) is 0 Å². The second-order valence-electron chi connectivity index (χ2n) is 8.35. The van der Waals surface area contributed by atoms with Crippen LogP contribution in [0.15, 0.2) is 34.9 Å². The normalized spacial score (nSPS) is 16.6. The summed E-state index contributed by atoms with van der Waals surface area (Å²) in [6, 6.07) is 7.70. The Hall–Kier alpha value is -3.49. The molecule has 0 saturated carbocycles. The second-order valence-corrected chi connectivity index (χ2v) is 8.35. The molecule has 3 heterocycles. The summed E-state index contributed by atoms with van der Waals surface area (Å²) in [6.07, 6.45) is 5.34. The van der Waals surface area contributed by atoms with E-state index in [2.05, 4.69) is 20.7 Å². The lowest BCUT2D eigenvalue weighted by atomic mass is 9.92. The van der Waals surface area contributed by atoms with Gasteiger partial charge in [-0.05, 0) is 50.3 Å². The number of fused-ring (bicyclic) bond motifs is 1. The zero-order valence-electron chi connectivity index (χ0n) is 17.6. The van der Waals surface area contributed by atoms with E-state index in [0.717, 1.165) is 55.5 Å². The standard InChI is InChI=1S/C23H24FN5O3/c24-16-6-2-3-7-17(16)25-22(30)19-13-18(26-27-19)14-9-11-29(12-10-14)23(31)21-15-5-1-4-8-20(15)32-28-21/h2-3,6-7,13-14H,1,4-5,8-12H2,(H,25,30)(H,26,27). The van der Waals surface area contributed by atoms with Crippen LogP contribution >= 0.6 is 0 Å². The molecule has 0 spiro atoms. The topological polar surface area (TPSA) is 104 Å². The summed E-state index contributed by atoms with van der Waals surface area (Å²) in [6.45, 7) is 1.20. The number of amides is 2. The first-order chi connectivity index (χ1) is 15.6. The van der Waals surface area contributed by atoms with Crippen LogP contribution < -0.4 is 5.32 Å². The fraction of sp³-hybridized carbons (Fsp3) is 0.391. The van der Waals surface area contributed by atoms with Gasteiger partial charge in [0.2, 0.25) is 0 Å². The van der Waals surface area contributed by atoms with E-state index in [-0.39, 0.29) is 23.2 Å². The Kier molecular flexibility index (Phi) is 5.46. The Morgan fingerprint density at radius 2 is 1.94 bits per heavy atom. The molecule has 9 heteroatoms. The highest BCUT2D eigenvalue weighted by molar-refractivity contribution is 6.03. The Morgan fingerprint density at radius 3 is 2.75 bits per heavy atom. The number of H-pyrrole nitrogens is 1. The zero-order chi connectivity index (χ0) is 22.1. The van der Waals surface area contributed by atoms with Crippen molar-refractivity contribution >= 4 is 17.5 Å². The van der Waals surface area contributed by atoms with Gasteiger partial charge in [0.1, 0.15) is 11.6 Å². The lowest BCUT2D eigenvalue weighted by Gasteiger charge is -2.31. The highest BCUT2D eigenvalue weighted by atomic mass is 19.1. The molecule has 1 saturated heterocycles. The minimum absolute atomic E-state index is 0.0649. The van der Waals surface area contributed by atoms with Crippen molar-refractivity contribution in [3.05, 3.63) is 64.6 Å². The van der Waals surface area contributed by atoms with Crippen molar-refractivity contribution in [2.75, 3.05) is 18.4 Å². The number of halogens is 1. The second kappa shape index (κ2) is 8.57. The van der Waals surface area contributed by atoms with Gasteiger partial charge in [0, 0.05) is 36.7 Å². The Balaban J connectivity index is 1.20. The summed E-state index contributed by atoms with van der Waals surface area (Å²) >= 11 is 0. The van der Waals surface area contributed by atoms with Gasteiger partial charge in [-0.3, -0.25) is 14.7 Å². The van der Waals surface area contributed by atoms with E-state index in [9.17, 15) is 14.0 Å². The third-order valence-electron chi connectivity index (χ3n) is 6.33. The van der Waals surface area contributed by atoms with E-state index < -0.39 is 11.7 Å². The first kappa shape index (κ1) is 20.4. The maximum Gasteiger partial charge on any atom is 0.276 e. The van der Waals surface area contributed by atoms with E-state index in [1.807, 2.05) is 4.90 Å². The molecule has 0 atom stereocenters. The predicted molar refractivity (Wildman–Crippen MR) is 114 cm³/mol. The third-order valence-corrected chi connectivity index (χ3v) is 6.33. The molecule has 3 aromatic rings. The van der Waals surface area contributed by atoms with E-state index in [4.69, 9.17) is 4.52 Å². The van der Waals surface area contributed by atoms with Crippen molar-refractivity contribution in [2.45, 2.75) is 44.4 Å². The maximum atomic E-state index is 13.8. The van der Waals surface area contributed by atoms with E-state index in [1.165, 1.54) is 12.1 Å². The van der Waals surface area contributed by atoms with Crippen LogP contribution in [0.4, 0.5) is 10.1 Å². The number of piperidine rings is 1. The number of benzene rings is 1. The third kappa shape index (κ3) is 3.90. The molecule has 2 aromatic heterocycles. The molecule has 1 aromatic carbocycles. The molecular formula is C23H24FN5O3. The van der Waals surface area contributed by atoms with Crippen molar-refractivity contribution in [3.8, 4) is 0 Å². The van der Waals surface area contributed by atoms with E-state index in [1.54, 1.807) is 18.2 Å². The number of carbonyl (C=O) groups excluding carboxylic acids is 2. The van der Waals surface area contributed by atoms with Crippen LogP contribution in [-0.2, 0) is 12.8 Å². The lowest BCUT2D eigenvalue weighted by Crippen LogP contribution is -2.38.